The van der Waals surface area contributed by atoms with Crippen molar-refractivity contribution in [3.63, 3.8) is 0 Å². The molecule has 0 spiro atoms. The third-order valence-corrected chi connectivity index (χ3v) is 5.26. The number of carbonyl (C=O) groups is 1. The predicted octanol–water partition coefficient (Wildman–Crippen LogP) is 3.09. The van der Waals surface area contributed by atoms with E-state index in [0.29, 0.717) is 6.54 Å². The summed E-state index contributed by atoms with van der Waals surface area (Å²) < 4.78 is 0. The highest BCUT2D eigenvalue weighted by Crippen LogP contribution is 2.30. The van der Waals surface area contributed by atoms with E-state index in [0.717, 1.165) is 25.1 Å². The van der Waals surface area contributed by atoms with Crippen LogP contribution < -0.4 is 5.32 Å². The van der Waals surface area contributed by atoms with Crippen LogP contribution in [0.2, 0.25) is 0 Å². The first-order valence-electron chi connectivity index (χ1n) is 8.51. The van der Waals surface area contributed by atoms with Crippen LogP contribution in [0.25, 0.3) is 10.9 Å². The quantitative estimate of drug-likeness (QED) is 0.724. The van der Waals surface area contributed by atoms with E-state index in [1.54, 1.807) is 0 Å². The van der Waals surface area contributed by atoms with Gasteiger partial charge in [0.05, 0.1) is 6.54 Å². The first kappa shape index (κ1) is 13.7. The largest absolute Gasteiger partial charge is 0.373 e. The summed E-state index contributed by atoms with van der Waals surface area (Å²) in [7, 11) is 0. The van der Waals surface area contributed by atoms with Crippen molar-refractivity contribution in [3.8, 4) is 0 Å². The highest BCUT2D eigenvalue weighted by molar-refractivity contribution is 5.89. The molecule has 5 rings (SSSR count). The number of anilines is 1. The Morgan fingerprint density at radius 3 is 2.83 bits per heavy atom. The van der Waals surface area contributed by atoms with Gasteiger partial charge in [-0.3, -0.25) is 4.79 Å². The van der Waals surface area contributed by atoms with Gasteiger partial charge in [-0.15, -0.1) is 0 Å². The maximum atomic E-state index is 12.9. The van der Waals surface area contributed by atoms with Gasteiger partial charge in [0.1, 0.15) is 6.04 Å². The van der Waals surface area contributed by atoms with Crippen LogP contribution in [0.1, 0.15) is 16.8 Å². The van der Waals surface area contributed by atoms with Crippen molar-refractivity contribution in [2.45, 2.75) is 25.4 Å². The molecule has 2 aliphatic rings. The monoisotopic (exact) mass is 317 g/mol. The van der Waals surface area contributed by atoms with E-state index in [2.05, 4.69) is 40.6 Å². The van der Waals surface area contributed by atoms with E-state index < -0.39 is 0 Å². The van der Waals surface area contributed by atoms with E-state index in [9.17, 15) is 4.79 Å². The molecule has 120 valence electrons. The lowest BCUT2D eigenvalue weighted by molar-refractivity contribution is -0.132. The number of aromatic nitrogens is 1. The summed E-state index contributed by atoms with van der Waals surface area (Å²) in [6, 6.07) is 16.5. The van der Waals surface area contributed by atoms with Crippen molar-refractivity contribution in [2.75, 3.05) is 11.9 Å². The second-order valence-electron chi connectivity index (χ2n) is 6.70. The molecule has 4 nitrogen and oxygen atoms in total. The topological polar surface area (TPSA) is 48.1 Å². The van der Waals surface area contributed by atoms with Crippen molar-refractivity contribution in [2.24, 2.45) is 0 Å². The molecule has 4 heteroatoms. The molecule has 24 heavy (non-hydrogen) atoms. The number of amides is 1. The van der Waals surface area contributed by atoms with Crippen LogP contribution >= 0.6 is 0 Å². The summed E-state index contributed by atoms with van der Waals surface area (Å²) in [5.41, 5.74) is 6.06. The fourth-order valence-corrected chi connectivity index (χ4v) is 4.05. The Morgan fingerprint density at radius 1 is 1.08 bits per heavy atom. The van der Waals surface area contributed by atoms with Crippen LogP contribution in [0.3, 0.4) is 0 Å². The van der Waals surface area contributed by atoms with Crippen LogP contribution in [0.15, 0.2) is 48.5 Å². The van der Waals surface area contributed by atoms with Crippen LogP contribution in [0.4, 0.5) is 5.69 Å². The summed E-state index contributed by atoms with van der Waals surface area (Å²) in [4.78, 5) is 18.4. The van der Waals surface area contributed by atoms with E-state index in [-0.39, 0.29) is 11.9 Å². The molecule has 0 bridgehead atoms. The lowest BCUT2D eigenvalue weighted by Crippen LogP contribution is -2.44. The average molecular weight is 317 g/mol. The zero-order valence-corrected chi connectivity index (χ0v) is 13.4. The van der Waals surface area contributed by atoms with Gasteiger partial charge in [0.25, 0.3) is 0 Å². The van der Waals surface area contributed by atoms with E-state index >= 15 is 0 Å². The highest BCUT2D eigenvalue weighted by Gasteiger charge is 2.32. The number of H-pyrrole nitrogens is 1. The van der Waals surface area contributed by atoms with Gasteiger partial charge in [-0.1, -0.05) is 36.4 Å². The Labute approximate surface area is 140 Å². The zero-order valence-electron chi connectivity index (χ0n) is 13.4. The summed E-state index contributed by atoms with van der Waals surface area (Å²) in [5.74, 6) is 0.204. The standard InChI is InChI=1S/C20H19N3O/c24-20(18-11-13-5-1-3-7-16(13)21-18)23-10-9-15-14-6-2-4-8-17(14)22-19(15)12-23/h1-8,18,21-22H,9-12H2/t18-/m0/s1. The predicted molar refractivity (Wildman–Crippen MR) is 95.0 cm³/mol. The fraction of sp³-hybridized carbons (Fsp3) is 0.250. The molecule has 0 radical (unpaired) electrons. The summed E-state index contributed by atoms with van der Waals surface area (Å²) in [5, 5.41) is 4.68. The minimum atomic E-state index is -0.131. The normalized spacial score (nSPS) is 19.0. The van der Waals surface area contributed by atoms with Crippen LogP contribution in [-0.4, -0.2) is 28.4 Å². The number of para-hydroxylation sites is 2. The number of aromatic amines is 1. The molecule has 1 aromatic heterocycles. The van der Waals surface area contributed by atoms with Crippen LogP contribution in [-0.2, 0) is 24.2 Å². The summed E-state index contributed by atoms with van der Waals surface area (Å²) in [6.07, 6.45) is 1.70. The molecule has 0 saturated heterocycles. The van der Waals surface area contributed by atoms with Gasteiger partial charge in [-0.2, -0.15) is 0 Å². The minimum Gasteiger partial charge on any atom is -0.373 e. The summed E-state index contributed by atoms with van der Waals surface area (Å²) >= 11 is 0. The maximum Gasteiger partial charge on any atom is 0.245 e. The number of benzene rings is 2. The first-order chi connectivity index (χ1) is 11.8. The number of nitrogens with zero attached hydrogens (tertiary/aromatic N) is 1. The maximum absolute atomic E-state index is 12.9. The molecule has 2 aromatic carbocycles. The molecule has 2 N–H and O–H groups in total. The lowest BCUT2D eigenvalue weighted by atomic mass is 10.0. The molecule has 0 unspecified atom stereocenters. The first-order valence-corrected chi connectivity index (χ1v) is 8.51. The molecule has 1 amide bonds. The van der Waals surface area contributed by atoms with E-state index in [4.69, 9.17) is 0 Å². The Kier molecular flexibility index (Phi) is 2.92. The molecule has 2 aliphatic heterocycles. The van der Waals surface area contributed by atoms with Crippen molar-refractivity contribution < 1.29 is 4.79 Å². The number of hydrogen-bond acceptors (Lipinski definition) is 2. The molecule has 3 heterocycles. The molecule has 0 saturated carbocycles. The molecule has 3 aromatic rings. The minimum absolute atomic E-state index is 0.131. The van der Waals surface area contributed by atoms with Crippen molar-refractivity contribution >= 4 is 22.5 Å². The zero-order chi connectivity index (χ0) is 16.1. The molecule has 0 fully saturated rings. The number of nitrogens with one attached hydrogen (secondary N) is 2. The number of carbonyl (C=O) groups excluding carboxylic acids is 1. The van der Waals surface area contributed by atoms with E-state index in [1.165, 1.54) is 27.7 Å². The second kappa shape index (κ2) is 5.13. The van der Waals surface area contributed by atoms with Crippen LogP contribution in [0.5, 0.6) is 0 Å². The van der Waals surface area contributed by atoms with Gasteiger partial charge in [0.15, 0.2) is 0 Å². The van der Waals surface area contributed by atoms with Crippen molar-refractivity contribution in [1.82, 2.24) is 9.88 Å². The summed E-state index contributed by atoms with van der Waals surface area (Å²) in [6.45, 7) is 1.47. The van der Waals surface area contributed by atoms with Gasteiger partial charge in [0, 0.05) is 35.2 Å². The lowest BCUT2D eigenvalue weighted by Gasteiger charge is -2.29. The van der Waals surface area contributed by atoms with E-state index in [1.807, 2.05) is 23.1 Å². The second-order valence-corrected chi connectivity index (χ2v) is 6.70. The SMILES string of the molecule is O=C([C@@H]1Cc2ccccc2N1)N1CCc2c([nH]c3ccccc23)C1. The Balaban J connectivity index is 1.38. The molecular weight excluding hydrogens is 298 g/mol. The van der Waals surface area contributed by atoms with Crippen LogP contribution in [0, 0.1) is 0 Å². The van der Waals surface area contributed by atoms with Crippen molar-refractivity contribution in [3.05, 3.63) is 65.4 Å². The highest BCUT2D eigenvalue weighted by atomic mass is 16.2. The van der Waals surface area contributed by atoms with Crippen molar-refractivity contribution in [1.29, 1.82) is 0 Å². The Bertz CT molecular complexity index is 918. The molecule has 1 atom stereocenters. The molecule has 0 aliphatic carbocycles. The Hall–Kier alpha value is -2.75. The van der Waals surface area contributed by atoms with Gasteiger partial charge in [-0.25, -0.2) is 0 Å². The smallest absolute Gasteiger partial charge is 0.245 e. The third kappa shape index (κ3) is 2.03. The number of rotatable bonds is 1. The number of fused-ring (bicyclic) bond motifs is 4. The average Bonchev–Trinajstić information content (AvgIpc) is 3.21. The third-order valence-electron chi connectivity index (χ3n) is 5.26. The van der Waals surface area contributed by atoms with Gasteiger partial charge < -0.3 is 15.2 Å². The number of hydrogen-bond donors (Lipinski definition) is 2. The molecular formula is C20H19N3O. The van der Waals surface area contributed by atoms with Gasteiger partial charge >= 0.3 is 0 Å². The van der Waals surface area contributed by atoms with Gasteiger partial charge in [-0.05, 0) is 29.7 Å². The Morgan fingerprint density at radius 2 is 1.92 bits per heavy atom. The fourth-order valence-electron chi connectivity index (χ4n) is 4.05. The van der Waals surface area contributed by atoms with Gasteiger partial charge in [0.2, 0.25) is 5.91 Å².